The van der Waals surface area contributed by atoms with Crippen molar-refractivity contribution in [3.8, 4) is 0 Å². The van der Waals surface area contributed by atoms with E-state index in [0.29, 0.717) is 0 Å². The number of hydrogen-bond donors (Lipinski definition) is 3. The molecule has 1 amide bonds. The summed E-state index contributed by atoms with van der Waals surface area (Å²) in [7, 11) is -3.97. The molecule has 1 fully saturated rings. The smallest absolute Gasteiger partial charge is 0.243 e. The molecule has 0 radical (unpaired) electrons. The molecule has 0 aliphatic heterocycles. The lowest BCUT2D eigenvalue weighted by atomic mass is 9.94. The molecule has 2 unspecified atom stereocenters. The summed E-state index contributed by atoms with van der Waals surface area (Å²) in [5.74, 6) is -1.81. The Morgan fingerprint density at radius 2 is 1.82 bits per heavy atom. The zero-order chi connectivity index (χ0) is 19.6. The lowest BCUT2D eigenvalue weighted by Crippen LogP contribution is -2.31. The van der Waals surface area contributed by atoms with Crippen LogP contribution in [-0.4, -0.2) is 20.4 Å². The van der Waals surface area contributed by atoms with E-state index < -0.39 is 32.7 Å². The molecule has 1 aliphatic carbocycles. The minimum absolute atomic E-state index is 0. The van der Waals surface area contributed by atoms with E-state index in [1.54, 1.807) is 6.92 Å². The number of carbonyl (C=O) groups excluding carboxylic acids is 1. The van der Waals surface area contributed by atoms with Gasteiger partial charge in [-0.3, -0.25) is 4.79 Å². The van der Waals surface area contributed by atoms with Gasteiger partial charge in [0.15, 0.2) is 0 Å². The van der Waals surface area contributed by atoms with Crippen LogP contribution in [0.4, 0.5) is 10.1 Å². The van der Waals surface area contributed by atoms with Crippen LogP contribution in [0.1, 0.15) is 31.4 Å². The quantitative estimate of drug-likeness (QED) is 0.632. The van der Waals surface area contributed by atoms with Gasteiger partial charge in [-0.1, -0.05) is 37.3 Å². The van der Waals surface area contributed by atoms with E-state index in [1.807, 2.05) is 30.3 Å². The molecule has 4 N–H and O–H groups in total. The fourth-order valence-electron chi connectivity index (χ4n) is 2.65. The van der Waals surface area contributed by atoms with Gasteiger partial charge in [-0.05, 0) is 36.6 Å². The number of halogens is 2. The van der Waals surface area contributed by atoms with Gasteiger partial charge in [0, 0.05) is 17.8 Å². The van der Waals surface area contributed by atoms with Gasteiger partial charge in [-0.15, -0.1) is 12.4 Å². The fraction of sp³-hybridized carbons (Fsp3) is 0.316. The monoisotopic (exact) mass is 427 g/mol. The molecule has 152 valence electrons. The van der Waals surface area contributed by atoms with Crippen LogP contribution in [0.2, 0.25) is 0 Å². The third-order valence-electron chi connectivity index (χ3n) is 4.52. The molecule has 2 aromatic rings. The predicted molar refractivity (Wildman–Crippen MR) is 108 cm³/mol. The highest BCUT2D eigenvalue weighted by molar-refractivity contribution is 7.89. The molecule has 0 heterocycles. The summed E-state index contributed by atoms with van der Waals surface area (Å²) in [6.45, 7) is 1.68. The highest BCUT2D eigenvalue weighted by atomic mass is 35.5. The zero-order valence-electron chi connectivity index (χ0n) is 15.3. The Kier molecular flexibility index (Phi) is 7.16. The number of hydrogen-bond acceptors (Lipinski definition) is 4. The number of anilines is 1. The lowest BCUT2D eigenvalue weighted by Gasteiger charge is -2.20. The number of nitrogens with two attached hydrogens (primary N) is 1. The van der Waals surface area contributed by atoms with Crippen molar-refractivity contribution in [1.82, 2.24) is 4.72 Å². The topological polar surface area (TPSA) is 101 Å². The van der Waals surface area contributed by atoms with Crippen LogP contribution in [0.3, 0.4) is 0 Å². The van der Waals surface area contributed by atoms with Crippen molar-refractivity contribution in [3.05, 3.63) is 59.9 Å². The van der Waals surface area contributed by atoms with Crippen molar-refractivity contribution in [2.24, 2.45) is 11.7 Å². The van der Waals surface area contributed by atoms with E-state index in [0.717, 1.165) is 30.5 Å². The summed E-state index contributed by atoms with van der Waals surface area (Å²) in [4.78, 5) is 12.0. The van der Waals surface area contributed by atoms with Gasteiger partial charge in [0.05, 0.1) is 5.92 Å². The maximum Gasteiger partial charge on any atom is 0.243 e. The zero-order valence-corrected chi connectivity index (χ0v) is 16.9. The fourth-order valence-corrected chi connectivity index (χ4v) is 4.06. The van der Waals surface area contributed by atoms with Gasteiger partial charge >= 0.3 is 0 Å². The second-order valence-electron chi connectivity index (χ2n) is 6.76. The molecule has 6 nitrogen and oxygen atoms in total. The van der Waals surface area contributed by atoms with Crippen LogP contribution >= 0.6 is 12.4 Å². The average molecular weight is 428 g/mol. The van der Waals surface area contributed by atoms with E-state index in [2.05, 4.69) is 10.0 Å². The molecule has 2 atom stereocenters. The highest BCUT2D eigenvalue weighted by Gasteiger charge is 2.30. The molecule has 28 heavy (non-hydrogen) atoms. The highest BCUT2D eigenvalue weighted by Crippen LogP contribution is 2.26. The normalized spacial score (nSPS) is 16.0. The maximum atomic E-state index is 14.0. The van der Waals surface area contributed by atoms with Gasteiger partial charge in [0.1, 0.15) is 10.7 Å². The molecular formula is C19H23ClFN3O3S. The first kappa shape index (κ1) is 22.3. The van der Waals surface area contributed by atoms with E-state index in [-0.39, 0.29) is 30.0 Å². The van der Waals surface area contributed by atoms with Crippen molar-refractivity contribution in [2.75, 3.05) is 5.32 Å². The van der Waals surface area contributed by atoms with Crippen molar-refractivity contribution < 1.29 is 17.6 Å². The minimum atomic E-state index is -3.97. The molecule has 1 aliphatic rings. The first-order chi connectivity index (χ1) is 12.8. The standard InChI is InChI=1S/C19H22FN3O3S.ClH/c1-12(18(21)13-5-3-2-4-6-13)19(24)22-15-9-10-16(20)17(11-15)27(25,26)23-14-7-8-14;/h2-6,9-12,14,18,23H,7-8,21H2,1H3,(H,22,24);1H. The van der Waals surface area contributed by atoms with Crippen LogP contribution in [-0.2, 0) is 14.8 Å². The maximum absolute atomic E-state index is 14.0. The van der Waals surface area contributed by atoms with Gasteiger partial charge in [-0.25, -0.2) is 17.5 Å². The van der Waals surface area contributed by atoms with Gasteiger partial charge < -0.3 is 11.1 Å². The Hall–Kier alpha value is -2.00. The van der Waals surface area contributed by atoms with Crippen LogP contribution in [0.25, 0.3) is 0 Å². The second kappa shape index (κ2) is 9.00. The SMILES string of the molecule is CC(C(=O)Nc1ccc(F)c(S(=O)(=O)NC2CC2)c1)C(N)c1ccccc1.Cl. The molecule has 9 heteroatoms. The predicted octanol–water partition coefficient (Wildman–Crippen LogP) is 2.96. The van der Waals surface area contributed by atoms with Crippen LogP contribution in [0, 0.1) is 11.7 Å². The Morgan fingerprint density at radius 3 is 2.43 bits per heavy atom. The van der Waals surface area contributed by atoms with Gasteiger partial charge in [-0.2, -0.15) is 0 Å². The summed E-state index contributed by atoms with van der Waals surface area (Å²) in [5, 5.41) is 2.62. The number of nitrogens with one attached hydrogen (secondary N) is 2. The number of sulfonamides is 1. The number of rotatable bonds is 7. The molecular weight excluding hydrogens is 405 g/mol. The van der Waals surface area contributed by atoms with Gasteiger partial charge in [0.2, 0.25) is 15.9 Å². The number of benzene rings is 2. The molecule has 2 aromatic carbocycles. The van der Waals surface area contributed by atoms with Crippen LogP contribution in [0.5, 0.6) is 0 Å². The van der Waals surface area contributed by atoms with E-state index in [1.165, 1.54) is 6.07 Å². The van der Waals surface area contributed by atoms with E-state index >= 15 is 0 Å². The summed E-state index contributed by atoms with van der Waals surface area (Å²) in [6.07, 6.45) is 1.48. The Balaban J connectivity index is 0.00000280. The van der Waals surface area contributed by atoms with Crippen LogP contribution < -0.4 is 15.8 Å². The first-order valence-electron chi connectivity index (χ1n) is 8.71. The largest absolute Gasteiger partial charge is 0.326 e. The molecule has 0 spiro atoms. The van der Waals surface area contributed by atoms with Gasteiger partial charge in [0.25, 0.3) is 0 Å². The summed E-state index contributed by atoms with van der Waals surface area (Å²) in [5.41, 5.74) is 7.17. The minimum Gasteiger partial charge on any atom is -0.326 e. The van der Waals surface area contributed by atoms with Crippen molar-refractivity contribution in [2.45, 2.75) is 36.7 Å². The molecule has 0 bridgehead atoms. The summed E-state index contributed by atoms with van der Waals surface area (Å²) < 4.78 is 41.0. The summed E-state index contributed by atoms with van der Waals surface area (Å²) in [6, 6.07) is 12.0. The van der Waals surface area contributed by atoms with Crippen molar-refractivity contribution in [1.29, 1.82) is 0 Å². The Morgan fingerprint density at radius 1 is 1.18 bits per heavy atom. The summed E-state index contributed by atoms with van der Waals surface area (Å²) >= 11 is 0. The Bertz CT molecular complexity index is 937. The van der Waals surface area contributed by atoms with E-state index in [9.17, 15) is 17.6 Å². The average Bonchev–Trinajstić information content (AvgIpc) is 3.45. The molecule has 0 saturated heterocycles. The molecule has 1 saturated carbocycles. The van der Waals surface area contributed by atoms with Crippen LogP contribution in [0.15, 0.2) is 53.4 Å². The van der Waals surface area contributed by atoms with Crippen molar-refractivity contribution >= 4 is 34.0 Å². The molecule has 3 rings (SSSR count). The van der Waals surface area contributed by atoms with E-state index in [4.69, 9.17) is 5.73 Å². The third-order valence-corrected chi connectivity index (χ3v) is 6.06. The second-order valence-corrected chi connectivity index (χ2v) is 8.44. The third kappa shape index (κ3) is 5.29. The lowest BCUT2D eigenvalue weighted by molar-refractivity contribution is -0.120. The van der Waals surface area contributed by atoms with Crippen molar-refractivity contribution in [3.63, 3.8) is 0 Å². The number of carbonyl (C=O) groups is 1. The first-order valence-corrected chi connectivity index (χ1v) is 10.2. The molecule has 0 aromatic heterocycles. The number of amides is 1. The Labute approximate surface area is 170 Å².